The minimum atomic E-state index is 0.321. The van der Waals surface area contributed by atoms with E-state index in [4.69, 9.17) is 23.0 Å². The predicted molar refractivity (Wildman–Crippen MR) is 155 cm³/mol. The molecular weight excluding hydrogens is 476 g/mol. The van der Waals surface area contributed by atoms with Crippen LogP contribution < -0.4 is 0 Å². The lowest BCUT2D eigenvalue weighted by atomic mass is 9.84. The molecule has 3 aromatic rings. The fraction of sp³-hybridized carbons (Fsp3) is 0.375. The molecule has 0 amide bonds. The molecule has 1 aromatic carbocycles. The van der Waals surface area contributed by atoms with E-state index in [-0.39, 0.29) is 0 Å². The fourth-order valence-electron chi connectivity index (χ4n) is 5.57. The number of hydrogen-bond acceptors (Lipinski definition) is 4. The molecule has 4 nitrogen and oxygen atoms in total. The van der Waals surface area contributed by atoms with Gasteiger partial charge in [-0.05, 0) is 61.4 Å². The highest BCUT2D eigenvalue weighted by Gasteiger charge is 2.26. The Morgan fingerprint density at radius 2 is 1.92 bits per heavy atom. The summed E-state index contributed by atoms with van der Waals surface area (Å²) in [5.74, 6) is 2.96. The molecule has 0 bridgehead atoms. The van der Waals surface area contributed by atoms with Crippen molar-refractivity contribution >= 4 is 28.2 Å². The molecule has 0 saturated carbocycles. The van der Waals surface area contributed by atoms with Crippen molar-refractivity contribution in [1.29, 1.82) is 0 Å². The summed E-state index contributed by atoms with van der Waals surface area (Å²) in [6, 6.07) is 10.4. The Morgan fingerprint density at radius 1 is 1.14 bits per heavy atom. The SMILES string of the molecule is C#Cc1ccc(C2CCc3c(nc4cc(C(=C)N5CCN(C(=C)CCCC)CC5)ccc4c3Cl)C2)nc1. The van der Waals surface area contributed by atoms with E-state index < -0.39 is 0 Å². The zero-order chi connectivity index (χ0) is 25.9. The average molecular weight is 511 g/mol. The van der Waals surface area contributed by atoms with Crippen molar-refractivity contribution in [1.82, 2.24) is 19.8 Å². The van der Waals surface area contributed by atoms with E-state index in [0.29, 0.717) is 5.92 Å². The standard InChI is InChI=1S/C32H35ClN4/c1-5-7-8-22(3)36-15-17-37(18-16-36)23(4)25-10-12-27-30(19-25)35-31-20-26(11-13-28(31)32(27)33)29-14-9-24(6-2)21-34-29/h2,9-10,12,14,19,21,26H,3-5,7-8,11,13,15-18,20H2,1H3. The zero-order valence-electron chi connectivity index (χ0n) is 21.8. The van der Waals surface area contributed by atoms with E-state index in [0.717, 1.165) is 96.0 Å². The van der Waals surface area contributed by atoms with Crippen LogP contribution in [0.25, 0.3) is 16.6 Å². The molecule has 2 aromatic heterocycles. The van der Waals surface area contributed by atoms with Crippen LogP contribution in [-0.4, -0.2) is 45.9 Å². The van der Waals surface area contributed by atoms with Crippen LogP contribution in [0.3, 0.4) is 0 Å². The summed E-state index contributed by atoms with van der Waals surface area (Å²) in [5.41, 5.74) is 8.49. The summed E-state index contributed by atoms with van der Waals surface area (Å²) in [5, 5.41) is 1.86. The number of piperazine rings is 1. The maximum Gasteiger partial charge on any atom is 0.0727 e. The van der Waals surface area contributed by atoms with Gasteiger partial charge in [-0.25, -0.2) is 0 Å². The summed E-state index contributed by atoms with van der Waals surface area (Å²) >= 11 is 6.93. The molecule has 1 aliphatic heterocycles. The molecule has 5 heteroatoms. The van der Waals surface area contributed by atoms with E-state index in [1.807, 2.05) is 6.07 Å². The van der Waals surface area contributed by atoms with Crippen molar-refractivity contribution in [2.45, 2.75) is 51.4 Å². The van der Waals surface area contributed by atoms with Crippen molar-refractivity contribution in [2.75, 3.05) is 26.2 Å². The van der Waals surface area contributed by atoms with Crippen LogP contribution in [0, 0.1) is 12.3 Å². The quantitative estimate of drug-likeness (QED) is 0.326. The molecule has 1 aliphatic carbocycles. The number of terminal acetylenes is 1. The van der Waals surface area contributed by atoms with Gasteiger partial charge in [0, 0.05) is 72.0 Å². The second-order valence-electron chi connectivity index (χ2n) is 10.2. The Labute approximate surface area is 226 Å². The van der Waals surface area contributed by atoms with Crippen molar-refractivity contribution in [3.8, 4) is 12.3 Å². The van der Waals surface area contributed by atoms with Crippen molar-refractivity contribution < 1.29 is 0 Å². The first kappa shape index (κ1) is 25.4. The molecule has 1 unspecified atom stereocenters. The number of unbranched alkanes of at least 4 members (excludes halogenated alkanes) is 1. The number of fused-ring (bicyclic) bond motifs is 2. The van der Waals surface area contributed by atoms with Gasteiger partial charge in [-0.2, -0.15) is 0 Å². The molecule has 2 aliphatic rings. The van der Waals surface area contributed by atoms with Crippen LogP contribution in [0.5, 0.6) is 0 Å². The van der Waals surface area contributed by atoms with Gasteiger partial charge in [0.15, 0.2) is 0 Å². The Balaban J connectivity index is 1.33. The van der Waals surface area contributed by atoms with Gasteiger partial charge in [0.25, 0.3) is 0 Å². The topological polar surface area (TPSA) is 32.3 Å². The monoisotopic (exact) mass is 510 g/mol. The van der Waals surface area contributed by atoms with Crippen LogP contribution in [0.2, 0.25) is 5.02 Å². The normalized spacial score (nSPS) is 17.4. The van der Waals surface area contributed by atoms with Crippen LogP contribution in [0.4, 0.5) is 0 Å². The van der Waals surface area contributed by atoms with Gasteiger partial charge in [-0.1, -0.05) is 56.2 Å². The molecule has 37 heavy (non-hydrogen) atoms. The molecule has 5 rings (SSSR count). The van der Waals surface area contributed by atoms with Gasteiger partial charge >= 0.3 is 0 Å². The molecule has 1 fully saturated rings. The van der Waals surface area contributed by atoms with Crippen molar-refractivity contribution in [3.63, 3.8) is 0 Å². The molecule has 3 heterocycles. The highest BCUT2D eigenvalue weighted by Crippen LogP contribution is 2.38. The second-order valence-corrected chi connectivity index (χ2v) is 10.6. The minimum absolute atomic E-state index is 0.321. The average Bonchev–Trinajstić information content (AvgIpc) is 2.95. The first-order valence-electron chi connectivity index (χ1n) is 13.4. The number of rotatable bonds is 7. The molecule has 0 radical (unpaired) electrons. The number of hydrogen-bond donors (Lipinski definition) is 0. The lowest BCUT2D eigenvalue weighted by Crippen LogP contribution is -2.44. The van der Waals surface area contributed by atoms with Gasteiger partial charge in [0.1, 0.15) is 0 Å². The van der Waals surface area contributed by atoms with Gasteiger partial charge in [-0.15, -0.1) is 6.42 Å². The van der Waals surface area contributed by atoms with Crippen LogP contribution >= 0.6 is 11.6 Å². The maximum atomic E-state index is 6.93. The van der Waals surface area contributed by atoms with Gasteiger partial charge < -0.3 is 9.80 Å². The third-order valence-corrected chi connectivity index (χ3v) is 8.35. The number of pyridine rings is 2. The number of benzene rings is 1. The van der Waals surface area contributed by atoms with E-state index >= 15 is 0 Å². The Kier molecular flexibility index (Phi) is 7.53. The molecule has 1 atom stereocenters. The van der Waals surface area contributed by atoms with Gasteiger partial charge in [0.2, 0.25) is 0 Å². The summed E-state index contributed by atoms with van der Waals surface area (Å²) in [7, 11) is 0. The fourth-order valence-corrected chi connectivity index (χ4v) is 5.93. The first-order chi connectivity index (χ1) is 18.0. The maximum absolute atomic E-state index is 6.93. The largest absolute Gasteiger partial charge is 0.372 e. The smallest absolute Gasteiger partial charge is 0.0727 e. The molecule has 0 N–H and O–H groups in total. The molecule has 0 spiro atoms. The molecule has 190 valence electrons. The number of nitrogens with zero attached hydrogens (tertiary/aromatic N) is 4. The lowest BCUT2D eigenvalue weighted by Gasteiger charge is -2.39. The van der Waals surface area contributed by atoms with Crippen LogP contribution in [-0.2, 0) is 12.8 Å². The van der Waals surface area contributed by atoms with E-state index in [1.54, 1.807) is 6.20 Å². The lowest BCUT2D eigenvalue weighted by molar-refractivity contribution is 0.209. The molecular formula is C32H35ClN4. The number of allylic oxidation sites excluding steroid dienone is 1. The van der Waals surface area contributed by atoms with Gasteiger partial charge in [-0.3, -0.25) is 9.97 Å². The molecule has 1 saturated heterocycles. The Bertz CT molecular complexity index is 1360. The first-order valence-corrected chi connectivity index (χ1v) is 13.8. The number of halogens is 1. The zero-order valence-corrected chi connectivity index (χ0v) is 22.5. The number of aromatic nitrogens is 2. The van der Waals surface area contributed by atoms with E-state index in [9.17, 15) is 0 Å². The Hall–Kier alpha value is -3.29. The second kappa shape index (κ2) is 11.0. The summed E-state index contributed by atoms with van der Waals surface area (Å²) in [6.07, 6.45) is 13.5. The minimum Gasteiger partial charge on any atom is -0.372 e. The van der Waals surface area contributed by atoms with E-state index in [2.05, 4.69) is 65.1 Å². The summed E-state index contributed by atoms with van der Waals surface area (Å²) < 4.78 is 0. The predicted octanol–water partition coefficient (Wildman–Crippen LogP) is 6.83. The van der Waals surface area contributed by atoms with Crippen LogP contribution in [0.15, 0.2) is 55.4 Å². The van der Waals surface area contributed by atoms with Crippen molar-refractivity contribution in [3.05, 3.63) is 88.5 Å². The third kappa shape index (κ3) is 5.24. The highest BCUT2D eigenvalue weighted by molar-refractivity contribution is 6.36. The summed E-state index contributed by atoms with van der Waals surface area (Å²) in [6.45, 7) is 14.9. The van der Waals surface area contributed by atoms with Crippen LogP contribution in [0.1, 0.15) is 66.6 Å². The summed E-state index contributed by atoms with van der Waals surface area (Å²) in [4.78, 5) is 14.5. The Morgan fingerprint density at radius 3 is 2.62 bits per heavy atom. The third-order valence-electron chi connectivity index (χ3n) is 7.92. The van der Waals surface area contributed by atoms with Gasteiger partial charge in [0.05, 0.1) is 10.5 Å². The highest BCUT2D eigenvalue weighted by atomic mass is 35.5. The van der Waals surface area contributed by atoms with Crippen molar-refractivity contribution in [2.24, 2.45) is 0 Å². The van der Waals surface area contributed by atoms with E-state index in [1.165, 1.54) is 24.1 Å².